The second-order valence-electron chi connectivity index (χ2n) is 5.06. The third kappa shape index (κ3) is 5.25. The summed E-state index contributed by atoms with van der Waals surface area (Å²) >= 11 is 1.74. The molecule has 1 heterocycles. The molecule has 6 heteroatoms. The molecule has 0 saturated heterocycles. The van der Waals surface area contributed by atoms with Gasteiger partial charge in [-0.25, -0.2) is 4.98 Å². The van der Waals surface area contributed by atoms with Crippen LogP contribution in [0.15, 0.2) is 11.2 Å². The second-order valence-corrected chi connectivity index (χ2v) is 6.33. The van der Waals surface area contributed by atoms with Crippen LogP contribution in [-0.4, -0.2) is 23.5 Å². The maximum Gasteiger partial charge on any atom is 0.188 e. The highest BCUT2D eigenvalue weighted by Crippen LogP contribution is 2.21. The average molecular weight is 394 g/mol. The Labute approximate surface area is 136 Å². The maximum atomic E-state index is 5.91. The van der Waals surface area contributed by atoms with Gasteiger partial charge in [-0.1, -0.05) is 19.8 Å². The fraction of sp³-hybridized carbons (Fsp3) is 0.692. The van der Waals surface area contributed by atoms with E-state index in [2.05, 4.69) is 29.1 Å². The Balaban J connectivity index is 0.00000180. The van der Waals surface area contributed by atoms with Gasteiger partial charge in [-0.05, 0) is 19.8 Å². The topological polar surface area (TPSA) is 63.3 Å². The van der Waals surface area contributed by atoms with E-state index in [0.717, 1.165) is 5.01 Å². The maximum absolute atomic E-state index is 5.91. The number of thiazole rings is 1. The monoisotopic (exact) mass is 394 g/mol. The van der Waals surface area contributed by atoms with Gasteiger partial charge < -0.3 is 11.1 Å². The van der Waals surface area contributed by atoms with Gasteiger partial charge in [-0.2, -0.15) is 0 Å². The summed E-state index contributed by atoms with van der Waals surface area (Å²) in [6, 6.07) is 0.533. The molecule has 0 aliphatic heterocycles. The molecule has 1 fully saturated rings. The van der Waals surface area contributed by atoms with Crippen molar-refractivity contribution in [3.63, 3.8) is 0 Å². The molecule has 1 aromatic heterocycles. The van der Waals surface area contributed by atoms with Crippen LogP contribution in [0.4, 0.5) is 0 Å². The lowest BCUT2D eigenvalue weighted by molar-refractivity contribution is 0.623. The highest BCUT2D eigenvalue weighted by Gasteiger charge is 2.15. The summed E-state index contributed by atoms with van der Waals surface area (Å²) in [4.78, 5) is 10.1. The van der Waals surface area contributed by atoms with Crippen molar-refractivity contribution in [1.29, 1.82) is 0 Å². The van der Waals surface area contributed by atoms with E-state index < -0.39 is 0 Å². The Morgan fingerprint density at radius 3 is 2.84 bits per heavy atom. The highest BCUT2D eigenvalue weighted by atomic mass is 127. The average Bonchev–Trinajstić information content (AvgIpc) is 2.97. The van der Waals surface area contributed by atoms with Crippen molar-refractivity contribution in [3.05, 3.63) is 16.1 Å². The zero-order valence-corrected chi connectivity index (χ0v) is 14.7. The number of nitrogens with one attached hydrogen (secondary N) is 1. The molecule has 0 aromatic carbocycles. The van der Waals surface area contributed by atoms with Crippen LogP contribution in [0, 0.1) is 6.92 Å². The van der Waals surface area contributed by atoms with E-state index in [1.54, 1.807) is 11.3 Å². The number of rotatable bonds is 4. The molecule has 0 bridgehead atoms. The molecule has 1 atom stereocenters. The van der Waals surface area contributed by atoms with Gasteiger partial charge in [0.05, 0.1) is 11.6 Å². The molecule has 3 N–H and O–H groups in total. The summed E-state index contributed by atoms with van der Waals surface area (Å²) in [5, 5.41) is 4.45. The van der Waals surface area contributed by atoms with Crippen LogP contribution in [0.5, 0.6) is 0 Å². The van der Waals surface area contributed by atoms with Crippen LogP contribution >= 0.6 is 35.3 Å². The number of hydrogen-bond acceptors (Lipinski definition) is 3. The number of aryl methyl sites for hydroxylation is 1. The van der Waals surface area contributed by atoms with Gasteiger partial charge in [0, 0.05) is 23.0 Å². The van der Waals surface area contributed by atoms with Gasteiger partial charge in [0.25, 0.3) is 0 Å². The number of hydrogen-bond donors (Lipinski definition) is 2. The Hall–Kier alpha value is -0.370. The zero-order chi connectivity index (χ0) is 13.0. The first-order valence-electron chi connectivity index (χ1n) is 6.64. The van der Waals surface area contributed by atoms with E-state index in [4.69, 9.17) is 5.73 Å². The lowest BCUT2D eigenvalue weighted by atomic mass is 10.2. The Bertz CT molecular complexity index is 413. The molecule has 4 nitrogen and oxygen atoms in total. The summed E-state index contributed by atoms with van der Waals surface area (Å²) in [6.45, 7) is 4.93. The molecule has 1 aromatic rings. The van der Waals surface area contributed by atoms with Crippen molar-refractivity contribution in [1.82, 2.24) is 10.3 Å². The normalized spacial score (nSPS) is 18.1. The van der Waals surface area contributed by atoms with Gasteiger partial charge in [0.1, 0.15) is 0 Å². The number of nitrogens with two attached hydrogens (primary N) is 1. The van der Waals surface area contributed by atoms with Gasteiger partial charge in [0.15, 0.2) is 5.96 Å². The van der Waals surface area contributed by atoms with E-state index in [9.17, 15) is 0 Å². The first kappa shape index (κ1) is 16.7. The van der Waals surface area contributed by atoms with Crippen molar-refractivity contribution in [2.75, 3.05) is 6.54 Å². The van der Waals surface area contributed by atoms with E-state index in [1.807, 2.05) is 6.20 Å². The van der Waals surface area contributed by atoms with Crippen molar-refractivity contribution in [2.45, 2.75) is 51.5 Å². The van der Waals surface area contributed by atoms with Crippen LogP contribution < -0.4 is 11.1 Å². The first-order chi connectivity index (χ1) is 8.65. The Morgan fingerprint density at radius 1 is 1.58 bits per heavy atom. The van der Waals surface area contributed by atoms with E-state index in [-0.39, 0.29) is 24.0 Å². The molecule has 0 amide bonds. The number of nitrogens with zero attached hydrogens (tertiary/aromatic N) is 2. The number of guanidine groups is 1. The predicted octanol–water partition coefficient (Wildman–Crippen LogP) is 3.02. The SMILES string of the molecule is Cc1cnc(C(C)CN=C(N)NC2CCCC2)s1.I. The van der Waals surface area contributed by atoms with E-state index in [1.165, 1.54) is 30.6 Å². The molecule has 1 aliphatic rings. The summed E-state index contributed by atoms with van der Waals surface area (Å²) in [5.41, 5.74) is 5.91. The van der Waals surface area contributed by atoms with Gasteiger partial charge >= 0.3 is 0 Å². The Kier molecular flexibility index (Phi) is 7.06. The molecule has 1 unspecified atom stereocenters. The van der Waals surface area contributed by atoms with Crippen molar-refractivity contribution in [3.8, 4) is 0 Å². The highest BCUT2D eigenvalue weighted by molar-refractivity contribution is 14.0. The minimum absolute atomic E-state index is 0. The van der Waals surface area contributed by atoms with Gasteiger partial charge in [-0.15, -0.1) is 35.3 Å². The molecule has 0 spiro atoms. The smallest absolute Gasteiger partial charge is 0.188 e. The van der Waals surface area contributed by atoms with Gasteiger partial charge in [-0.3, -0.25) is 4.99 Å². The second kappa shape index (κ2) is 8.04. The number of halogens is 1. The summed E-state index contributed by atoms with van der Waals surface area (Å²) in [7, 11) is 0. The van der Waals surface area contributed by atoms with Crippen molar-refractivity contribution in [2.24, 2.45) is 10.7 Å². The predicted molar refractivity (Wildman–Crippen MR) is 92.6 cm³/mol. The Morgan fingerprint density at radius 2 is 2.26 bits per heavy atom. The first-order valence-corrected chi connectivity index (χ1v) is 7.45. The van der Waals surface area contributed by atoms with Crippen molar-refractivity contribution >= 4 is 41.3 Å². The third-order valence-electron chi connectivity index (χ3n) is 3.30. The third-order valence-corrected chi connectivity index (χ3v) is 4.45. The van der Waals surface area contributed by atoms with Crippen LogP contribution in [0.25, 0.3) is 0 Å². The number of aromatic nitrogens is 1. The fourth-order valence-corrected chi connectivity index (χ4v) is 3.05. The molecule has 0 radical (unpaired) electrons. The molecule has 108 valence electrons. The molecule has 1 saturated carbocycles. The van der Waals surface area contributed by atoms with E-state index in [0.29, 0.717) is 24.5 Å². The summed E-state index contributed by atoms with van der Waals surface area (Å²) in [6.07, 6.45) is 6.97. The lowest BCUT2D eigenvalue weighted by Crippen LogP contribution is -2.38. The lowest BCUT2D eigenvalue weighted by Gasteiger charge is -2.13. The van der Waals surface area contributed by atoms with E-state index >= 15 is 0 Å². The molecular formula is C13H23IN4S. The van der Waals surface area contributed by atoms with Crippen LogP contribution in [0.2, 0.25) is 0 Å². The minimum Gasteiger partial charge on any atom is -0.370 e. The zero-order valence-electron chi connectivity index (χ0n) is 11.6. The molecular weight excluding hydrogens is 371 g/mol. The molecule has 19 heavy (non-hydrogen) atoms. The number of aliphatic imine (C=N–C) groups is 1. The molecule has 1 aliphatic carbocycles. The minimum atomic E-state index is 0. The van der Waals surface area contributed by atoms with Crippen LogP contribution in [0.1, 0.15) is 48.4 Å². The largest absolute Gasteiger partial charge is 0.370 e. The van der Waals surface area contributed by atoms with Crippen LogP contribution in [-0.2, 0) is 0 Å². The van der Waals surface area contributed by atoms with Crippen LogP contribution in [0.3, 0.4) is 0 Å². The molecule has 2 rings (SSSR count). The van der Waals surface area contributed by atoms with Crippen molar-refractivity contribution < 1.29 is 0 Å². The summed E-state index contributed by atoms with van der Waals surface area (Å²) in [5.74, 6) is 0.926. The fourth-order valence-electron chi connectivity index (χ4n) is 2.24. The van der Waals surface area contributed by atoms with Gasteiger partial charge in [0.2, 0.25) is 0 Å². The summed E-state index contributed by atoms with van der Waals surface area (Å²) < 4.78 is 0. The standard InChI is InChI=1S/C13H22N4S.HI/c1-9(12-15-8-10(2)18-12)7-16-13(14)17-11-5-3-4-6-11;/h8-9,11H,3-7H2,1-2H3,(H3,14,16,17);1H. The quantitative estimate of drug-likeness (QED) is 0.469.